The molecule has 0 spiro atoms. The Labute approximate surface area is 176 Å². The summed E-state index contributed by atoms with van der Waals surface area (Å²) in [7, 11) is -2.40. The molecule has 1 N–H and O–H groups in total. The van der Waals surface area contributed by atoms with E-state index in [-0.39, 0.29) is 12.1 Å². The van der Waals surface area contributed by atoms with Crippen LogP contribution in [0.3, 0.4) is 0 Å². The Morgan fingerprint density at radius 2 is 1.93 bits per heavy atom. The quantitative estimate of drug-likeness (QED) is 0.638. The molecule has 0 aromatic heterocycles. The number of methoxy groups -OCH3 is 1. The smallest absolute Gasteiger partial charge is 0.248 e. The average Bonchev–Trinajstić information content (AvgIpc) is 2.65. The Hall–Kier alpha value is -2.45. The van der Waals surface area contributed by atoms with E-state index in [0.717, 1.165) is 10.6 Å². The van der Waals surface area contributed by atoms with Gasteiger partial charge in [-0.2, -0.15) is 0 Å². The van der Waals surface area contributed by atoms with Crippen molar-refractivity contribution in [2.75, 3.05) is 29.6 Å². The summed E-state index contributed by atoms with van der Waals surface area (Å²) in [5, 5.41) is 3.10. The van der Waals surface area contributed by atoms with Crippen molar-refractivity contribution in [1.82, 2.24) is 0 Å². The molecule has 0 aliphatic carbocycles. The number of nitrogens with zero attached hydrogens (tertiary/aromatic N) is 1. The fourth-order valence-electron chi connectivity index (χ4n) is 2.93. The number of hydrogen-bond acceptors (Lipinski definition) is 5. The molecule has 0 unspecified atom stereocenters. The standard InChI is InChI=1S/C20H25ClN2O5S/c1-5-17(20(24)22-15-8-7-9-16(13-15)28-6-2)23(29(4,25)26)18-12-14(21)10-11-19(18)27-3/h7-13,17H,5-6H2,1-4H3,(H,22,24)/t17-/m1/s1. The summed E-state index contributed by atoms with van der Waals surface area (Å²) in [6.07, 6.45) is 1.28. The number of ether oxygens (including phenoxy) is 2. The molecule has 0 heterocycles. The number of carbonyl (C=O) groups excluding carboxylic acids is 1. The number of amides is 1. The van der Waals surface area contributed by atoms with Crippen LogP contribution in [0.5, 0.6) is 11.5 Å². The first-order chi connectivity index (χ1) is 13.7. The van der Waals surface area contributed by atoms with Gasteiger partial charge in [-0.3, -0.25) is 9.10 Å². The van der Waals surface area contributed by atoms with Crippen LogP contribution in [0, 0.1) is 0 Å². The number of hydrogen-bond donors (Lipinski definition) is 1. The van der Waals surface area contributed by atoms with Crippen molar-refractivity contribution in [3.8, 4) is 11.5 Å². The minimum absolute atomic E-state index is 0.201. The van der Waals surface area contributed by atoms with E-state index < -0.39 is 22.0 Å². The molecule has 0 saturated carbocycles. The SMILES string of the molecule is CCOc1cccc(NC(=O)[C@@H](CC)N(c2cc(Cl)ccc2OC)S(C)(=O)=O)c1. The van der Waals surface area contributed by atoms with Crippen LogP contribution in [0.25, 0.3) is 0 Å². The summed E-state index contributed by atoms with van der Waals surface area (Å²) in [5.41, 5.74) is 0.707. The molecule has 29 heavy (non-hydrogen) atoms. The van der Waals surface area contributed by atoms with Crippen molar-refractivity contribution in [2.24, 2.45) is 0 Å². The molecule has 1 amide bonds. The molecule has 2 aromatic carbocycles. The average molecular weight is 441 g/mol. The molecule has 9 heteroatoms. The second kappa shape index (κ2) is 9.84. The first kappa shape index (κ1) is 22.8. The lowest BCUT2D eigenvalue weighted by atomic mass is 10.1. The van der Waals surface area contributed by atoms with Crippen molar-refractivity contribution in [1.29, 1.82) is 0 Å². The topological polar surface area (TPSA) is 84.9 Å². The van der Waals surface area contributed by atoms with E-state index in [1.807, 2.05) is 6.92 Å². The lowest BCUT2D eigenvalue weighted by Gasteiger charge is -2.31. The van der Waals surface area contributed by atoms with E-state index in [1.54, 1.807) is 43.3 Å². The third-order valence-electron chi connectivity index (χ3n) is 4.12. The maximum atomic E-state index is 13.0. The van der Waals surface area contributed by atoms with Crippen LogP contribution in [0.15, 0.2) is 42.5 Å². The molecule has 7 nitrogen and oxygen atoms in total. The van der Waals surface area contributed by atoms with E-state index in [0.29, 0.717) is 28.8 Å². The number of sulfonamides is 1. The summed E-state index contributed by atoms with van der Waals surface area (Å²) < 4.78 is 37.1. The molecular weight excluding hydrogens is 416 g/mol. The summed E-state index contributed by atoms with van der Waals surface area (Å²) in [5.74, 6) is 0.424. The highest BCUT2D eigenvalue weighted by Gasteiger charge is 2.33. The van der Waals surface area contributed by atoms with Gasteiger partial charge in [0.25, 0.3) is 0 Å². The fraction of sp³-hybridized carbons (Fsp3) is 0.350. The number of anilines is 2. The highest BCUT2D eigenvalue weighted by atomic mass is 35.5. The Morgan fingerprint density at radius 3 is 2.52 bits per heavy atom. The zero-order valence-electron chi connectivity index (χ0n) is 16.8. The number of nitrogens with one attached hydrogen (secondary N) is 1. The molecule has 0 saturated heterocycles. The predicted octanol–water partition coefficient (Wildman–Crippen LogP) is 3.93. The molecule has 0 bridgehead atoms. The van der Waals surface area contributed by atoms with Crippen molar-refractivity contribution < 1.29 is 22.7 Å². The van der Waals surface area contributed by atoms with Gasteiger partial charge in [-0.25, -0.2) is 8.42 Å². The van der Waals surface area contributed by atoms with E-state index >= 15 is 0 Å². The van der Waals surface area contributed by atoms with E-state index in [4.69, 9.17) is 21.1 Å². The van der Waals surface area contributed by atoms with Crippen molar-refractivity contribution in [2.45, 2.75) is 26.3 Å². The Morgan fingerprint density at radius 1 is 1.21 bits per heavy atom. The van der Waals surface area contributed by atoms with Crippen molar-refractivity contribution >= 4 is 38.9 Å². The van der Waals surface area contributed by atoms with Crippen LogP contribution in [0.4, 0.5) is 11.4 Å². The highest BCUT2D eigenvalue weighted by molar-refractivity contribution is 7.92. The number of halogens is 1. The lowest BCUT2D eigenvalue weighted by molar-refractivity contribution is -0.117. The van der Waals surface area contributed by atoms with E-state index in [9.17, 15) is 13.2 Å². The molecular formula is C20H25ClN2O5S. The maximum Gasteiger partial charge on any atom is 0.248 e. The summed E-state index contributed by atoms with van der Waals surface area (Å²) in [6.45, 7) is 4.09. The van der Waals surface area contributed by atoms with Gasteiger partial charge in [-0.05, 0) is 43.7 Å². The summed E-state index contributed by atoms with van der Waals surface area (Å²) >= 11 is 6.08. The van der Waals surface area contributed by atoms with E-state index in [2.05, 4.69) is 5.32 Å². The highest BCUT2D eigenvalue weighted by Crippen LogP contribution is 2.35. The molecule has 158 valence electrons. The minimum atomic E-state index is -3.82. The van der Waals surface area contributed by atoms with E-state index in [1.165, 1.54) is 13.2 Å². The second-order valence-corrected chi connectivity index (χ2v) is 8.54. The predicted molar refractivity (Wildman–Crippen MR) is 116 cm³/mol. The summed E-state index contributed by atoms with van der Waals surface area (Å²) in [6, 6.07) is 10.5. The van der Waals surface area contributed by atoms with Crippen LogP contribution in [-0.2, 0) is 14.8 Å². The van der Waals surface area contributed by atoms with Gasteiger partial charge in [-0.15, -0.1) is 0 Å². The summed E-state index contributed by atoms with van der Waals surface area (Å²) in [4.78, 5) is 13.0. The maximum absolute atomic E-state index is 13.0. The third-order valence-corrected chi connectivity index (χ3v) is 5.52. The first-order valence-electron chi connectivity index (χ1n) is 9.07. The second-order valence-electron chi connectivity index (χ2n) is 6.25. The number of rotatable bonds is 9. The molecule has 0 radical (unpaired) electrons. The Bertz CT molecular complexity index is 965. The van der Waals surface area contributed by atoms with Gasteiger partial charge in [0.05, 0.1) is 25.7 Å². The zero-order chi connectivity index (χ0) is 21.6. The van der Waals surface area contributed by atoms with Crippen LogP contribution < -0.4 is 19.1 Å². The molecule has 2 rings (SSSR count). The lowest BCUT2D eigenvalue weighted by Crippen LogP contribution is -2.47. The molecule has 0 fully saturated rings. The van der Waals surface area contributed by atoms with Gasteiger partial charge in [0.15, 0.2) is 0 Å². The number of benzene rings is 2. The molecule has 1 atom stereocenters. The minimum Gasteiger partial charge on any atom is -0.495 e. The molecule has 0 aliphatic heterocycles. The van der Waals surface area contributed by atoms with Gasteiger partial charge in [0.2, 0.25) is 15.9 Å². The van der Waals surface area contributed by atoms with Gasteiger partial charge in [-0.1, -0.05) is 24.6 Å². The monoisotopic (exact) mass is 440 g/mol. The van der Waals surface area contributed by atoms with Crippen LogP contribution >= 0.6 is 11.6 Å². The first-order valence-corrected chi connectivity index (χ1v) is 11.3. The van der Waals surface area contributed by atoms with Crippen molar-refractivity contribution in [3.05, 3.63) is 47.5 Å². The van der Waals surface area contributed by atoms with Crippen LogP contribution in [-0.4, -0.2) is 40.3 Å². The zero-order valence-corrected chi connectivity index (χ0v) is 18.4. The van der Waals surface area contributed by atoms with Gasteiger partial charge in [0, 0.05) is 16.8 Å². The molecule has 2 aromatic rings. The third kappa shape index (κ3) is 5.77. The fourth-order valence-corrected chi connectivity index (χ4v) is 4.30. The van der Waals surface area contributed by atoms with Crippen molar-refractivity contribution in [3.63, 3.8) is 0 Å². The van der Waals surface area contributed by atoms with Gasteiger partial charge in [0.1, 0.15) is 17.5 Å². The Balaban J connectivity index is 2.43. The largest absolute Gasteiger partial charge is 0.495 e. The molecule has 0 aliphatic rings. The normalized spacial score (nSPS) is 12.2. The van der Waals surface area contributed by atoms with Gasteiger partial charge >= 0.3 is 0 Å². The number of carbonyl (C=O) groups is 1. The Kier molecular flexibility index (Phi) is 7.75. The van der Waals surface area contributed by atoms with Gasteiger partial charge < -0.3 is 14.8 Å². The van der Waals surface area contributed by atoms with Crippen LogP contribution in [0.2, 0.25) is 5.02 Å². The van der Waals surface area contributed by atoms with Crippen LogP contribution in [0.1, 0.15) is 20.3 Å².